The molecule has 5 nitrogen and oxygen atoms in total. The Labute approximate surface area is 193 Å². The van der Waals surface area contributed by atoms with Crippen LogP contribution in [0.5, 0.6) is 0 Å². The summed E-state index contributed by atoms with van der Waals surface area (Å²) < 4.78 is 0. The number of thiophene rings is 1. The maximum Gasteiger partial charge on any atom is 0.261 e. The molecule has 4 rings (SSSR count). The van der Waals surface area contributed by atoms with Gasteiger partial charge >= 0.3 is 0 Å². The van der Waals surface area contributed by atoms with Gasteiger partial charge in [-0.3, -0.25) is 14.5 Å². The van der Waals surface area contributed by atoms with Crippen molar-refractivity contribution >= 4 is 23.2 Å². The number of likely N-dealkylation sites (tertiary alicyclic amines) is 1. The summed E-state index contributed by atoms with van der Waals surface area (Å²) in [6, 6.07) is 19.4. The SMILES string of the molecule is O=C(NCc1ccccc1CN1CCCCC1)c1ccc(CNC(=O)c2cccs2)cc1. The largest absolute Gasteiger partial charge is 0.348 e. The van der Waals surface area contributed by atoms with Crippen molar-refractivity contribution in [1.82, 2.24) is 15.5 Å². The number of hydrogen-bond acceptors (Lipinski definition) is 4. The molecule has 166 valence electrons. The van der Waals surface area contributed by atoms with Crippen LogP contribution >= 0.6 is 11.3 Å². The molecular weight excluding hydrogens is 418 g/mol. The second kappa shape index (κ2) is 11.1. The summed E-state index contributed by atoms with van der Waals surface area (Å²) >= 11 is 1.42. The van der Waals surface area contributed by atoms with Gasteiger partial charge in [0.25, 0.3) is 11.8 Å². The third kappa shape index (κ3) is 6.05. The Hall–Kier alpha value is -2.96. The number of rotatable bonds is 8. The minimum Gasteiger partial charge on any atom is -0.348 e. The maximum absolute atomic E-state index is 12.7. The molecule has 1 aliphatic heterocycles. The van der Waals surface area contributed by atoms with Gasteiger partial charge in [-0.05, 0) is 66.2 Å². The van der Waals surface area contributed by atoms with E-state index < -0.39 is 0 Å². The van der Waals surface area contributed by atoms with Crippen molar-refractivity contribution < 1.29 is 9.59 Å². The van der Waals surface area contributed by atoms with Crippen LogP contribution in [0.3, 0.4) is 0 Å². The summed E-state index contributed by atoms with van der Waals surface area (Å²) in [7, 11) is 0. The van der Waals surface area contributed by atoms with Crippen LogP contribution in [0, 0.1) is 0 Å². The molecule has 1 aliphatic rings. The second-order valence-electron chi connectivity index (χ2n) is 8.15. The summed E-state index contributed by atoms with van der Waals surface area (Å²) in [6.45, 7) is 4.20. The molecule has 0 atom stereocenters. The lowest BCUT2D eigenvalue weighted by Gasteiger charge is -2.27. The normalized spacial score (nSPS) is 14.1. The van der Waals surface area contributed by atoms with E-state index in [0.717, 1.165) is 25.2 Å². The van der Waals surface area contributed by atoms with Gasteiger partial charge < -0.3 is 10.6 Å². The topological polar surface area (TPSA) is 61.4 Å². The van der Waals surface area contributed by atoms with Gasteiger partial charge in [0.2, 0.25) is 0 Å². The van der Waals surface area contributed by atoms with Crippen molar-refractivity contribution in [2.75, 3.05) is 13.1 Å². The number of piperidine rings is 1. The molecule has 2 amide bonds. The first kappa shape index (κ1) is 22.2. The molecule has 0 spiro atoms. The zero-order valence-corrected chi connectivity index (χ0v) is 19.0. The predicted molar refractivity (Wildman–Crippen MR) is 129 cm³/mol. The summed E-state index contributed by atoms with van der Waals surface area (Å²) in [5.41, 5.74) is 4.02. The summed E-state index contributed by atoms with van der Waals surface area (Å²) in [4.78, 5) is 27.9. The molecule has 3 aromatic rings. The third-order valence-corrected chi connectivity index (χ3v) is 6.68. The molecule has 0 saturated carbocycles. The standard InChI is InChI=1S/C26H29N3O2S/c30-25(21-12-10-20(11-13-21)17-27-26(31)24-9-6-16-32-24)28-18-22-7-2-3-8-23(22)19-29-14-4-1-5-15-29/h2-3,6-13,16H,1,4-5,14-15,17-19H2,(H,27,31)(H,28,30). The minimum atomic E-state index is -0.0908. The number of amides is 2. The van der Waals surface area contributed by atoms with E-state index >= 15 is 0 Å². The zero-order valence-electron chi connectivity index (χ0n) is 18.2. The Morgan fingerprint density at radius 3 is 2.22 bits per heavy atom. The smallest absolute Gasteiger partial charge is 0.261 e. The van der Waals surface area contributed by atoms with E-state index in [-0.39, 0.29) is 11.8 Å². The van der Waals surface area contributed by atoms with Crippen LogP contribution in [-0.4, -0.2) is 29.8 Å². The Balaban J connectivity index is 1.29. The molecule has 0 unspecified atom stereocenters. The zero-order chi connectivity index (χ0) is 22.2. The van der Waals surface area contributed by atoms with Gasteiger partial charge in [0.15, 0.2) is 0 Å². The van der Waals surface area contributed by atoms with Crippen molar-refractivity contribution in [3.63, 3.8) is 0 Å². The summed E-state index contributed by atoms with van der Waals surface area (Å²) in [6.07, 6.45) is 3.87. The highest BCUT2D eigenvalue weighted by atomic mass is 32.1. The van der Waals surface area contributed by atoms with Crippen LogP contribution in [0.25, 0.3) is 0 Å². The van der Waals surface area contributed by atoms with Gasteiger partial charge in [0, 0.05) is 25.2 Å². The van der Waals surface area contributed by atoms with E-state index in [2.05, 4.69) is 33.7 Å². The highest BCUT2D eigenvalue weighted by molar-refractivity contribution is 7.12. The van der Waals surface area contributed by atoms with E-state index in [0.29, 0.717) is 23.5 Å². The first-order valence-electron chi connectivity index (χ1n) is 11.2. The lowest BCUT2D eigenvalue weighted by molar-refractivity contribution is 0.0943. The molecule has 1 aromatic heterocycles. The van der Waals surface area contributed by atoms with Crippen molar-refractivity contribution in [3.8, 4) is 0 Å². The van der Waals surface area contributed by atoms with Crippen LogP contribution < -0.4 is 10.6 Å². The Kier molecular flexibility index (Phi) is 7.69. The molecule has 1 fully saturated rings. The van der Waals surface area contributed by atoms with Crippen LogP contribution in [0.4, 0.5) is 0 Å². The average molecular weight is 448 g/mol. The molecule has 2 N–H and O–H groups in total. The number of carbonyl (C=O) groups excluding carboxylic acids is 2. The van der Waals surface area contributed by atoms with Crippen LogP contribution in [0.15, 0.2) is 66.0 Å². The fourth-order valence-electron chi connectivity index (χ4n) is 3.97. The number of benzene rings is 2. The van der Waals surface area contributed by atoms with E-state index in [9.17, 15) is 9.59 Å². The van der Waals surface area contributed by atoms with Crippen molar-refractivity contribution in [2.24, 2.45) is 0 Å². The minimum absolute atomic E-state index is 0.0787. The van der Waals surface area contributed by atoms with E-state index in [1.807, 2.05) is 41.8 Å². The molecule has 32 heavy (non-hydrogen) atoms. The highest BCUT2D eigenvalue weighted by Crippen LogP contribution is 2.16. The monoisotopic (exact) mass is 447 g/mol. The lowest BCUT2D eigenvalue weighted by Crippen LogP contribution is -2.30. The third-order valence-electron chi connectivity index (χ3n) is 5.81. The lowest BCUT2D eigenvalue weighted by atomic mass is 10.0. The molecule has 0 bridgehead atoms. The van der Waals surface area contributed by atoms with Crippen molar-refractivity contribution in [3.05, 3.63) is 93.2 Å². The highest BCUT2D eigenvalue weighted by Gasteiger charge is 2.13. The maximum atomic E-state index is 12.7. The quantitative estimate of drug-likeness (QED) is 0.531. The molecule has 0 radical (unpaired) electrons. The molecule has 6 heteroatoms. The molecule has 2 heterocycles. The van der Waals surface area contributed by atoms with Gasteiger partial charge in [0.1, 0.15) is 0 Å². The van der Waals surface area contributed by atoms with Gasteiger partial charge in [-0.25, -0.2) is 0 Å². The number of nitrogens with one attached hydrogen (secondary N) is 2. The molecule has 2 aromatic carbocycles. The van der Waals surface area contributed by atoms with Crippen molar-refractivity contribution in [1.29, 1.82) is 0 Å². The first-order chi connectivity index (χ1) is 15.7. The van der Waals surface area contributed by atoms with Crippen LogP contribution in [0.2, 0.25) is 0 Å². The fraction of sp³-hybridized carbons (Fsp3) is 0.308. The molecule has 0 aliphatic carbocycles. The van der Waals surface area contributed by atoms with Gasteiger partial charge in [0.05, 0.1) is 4.88 Å². The predicted octanol–water partition coefficient (Wildman–Crippen LogP) is 4.59. The number of carbonyl (C=O) groups is 2. The summed E-state index contributed by atoms with van der Waals surface area (Å²) in [5, 5.41) is 7.84. The molecule has 1 saturated heterocycles. The van der Waals surface area contributed by atoms with Crippen LogP contribution in [-0.2, 0) is 19.6 Å². The Morgan fingerprint density at radius 2 is 1.50 bits per heavy atom. The first-order valence-corrected chi connectivity index (χ1v) is 12.0. The van der Waals surface area contributed by atoms with Crippen LogP contribution in [0.1, 0.15) is 56.0 Å². The van der Waals surface area contributed by atoms with Gasteiger partial charge in [-0.2, -0.15) is 0 Å². The van der Waals surface area contributed by atoms with E-state index in [4.69, 9.17) is 0 Å². The van der Waals surface area contributed by atoms with Gasteiger partial charge in [-0.1, -0.05) is 48.9 Å². The van der Waals surface area contributed by atoms with Crippen molar-refractivity contribution in [2.45, 2.75) is 38.9 Å². The number of hydrogen-bond donors (Lipinski definition) is 2. The van der Waals surface area contributed by atoms with E-state index in [1.54, 1.807) is 6.07 Å². The van der Waals surface area contributed by atoms with Gasteiger partial charge in [-0.15, -0.1) is 11.3 Å². The molecular formula is C26H29N3O2S. The van der Waals surface area contributed by atoms with E-state index in [1.165, 1.54) is 41.7 Å². The second-order valence-corrected chi connectivity index (χ2v) is 9.09. The summed E-state index contributed by atoms with van der Waals surface area (Å²) in [5.74, 6) is -0.169. The number of nitrogens with zero attached hydrogens (tertiary/aromatic N) is 1. The Morgan fingerprint density at radius 1 is 0.781 bits per heavy atom. The Bertz CT molecular complexity index is 1030. The average Bonchev–Trinajstić information content (AvgIpc) is 3.38. The fourth-order valence-corrected chi connectivity index (χ4v) is 4.61.